The number of ether oxygens (including phenoxy) is 2. The molecule has 0 spiro atoms. The quantitative estimate of drug-likeness (QED) is 0.605. The van der Waals surface area contributed by atoms with E-state index in [0.29, 0.717) is 22.9 Å². The fourth-order valence-corrected chi connectivity index (χ4v) is 3.70. The van der Waals surface area contributed by atoms with E-state index in [-0.39, 0.29) is 18.0 Å². The van der Waals surface area contributed by atoms with Gasteiger partial charge >= 0.3 is 0 Å². The number of aryl methyl sites for hydroxylation is 1. The first-order chi connectivity index (χ1) is 14.0. The van der Waals surface area contributed by atoms with E-state index in [0.717, 1.165) is 35.9 Å². The summed E-state index contributed by atoms with van der Waals surface area (Å²) in [6.07, 6.45) is 3.23. The molecule has 0 saturated carbocycles. The molecule has 2 atom stereocenters. The predicted molar refractivity (Wildman–Crippen MR) is 112 cm³/mol. The van der Waals surface area contributed by atoms with Gasteiger partial charge in [0, 0.05) is 30.5 Å². The molecule has 3 aromatic rings. The van der Waals surface area contributed by atoms with Gasteiger partial charge in [0.2, 0.25) is 0 Å². The van der Waals surface area contributed by atoms with Crippen molar-refractivity contribution in [3.8, 4) is 5.75 Å². The Morgan fingerprint density at radius 1 is 1.31 bits per heavy atom. The molecule has 0 radical (unpaired) electrons. The predicted octanol–water partition coefficient (Wildman–Crippen LogP) is 5.13. The molecule has 1 aromatic heterocycles. The van der Waals surface area contributed by atoms with Crippen LogP contribution in [0.15, 0.2) is 41.0 Å². The maximum atomic E-state index is 13.9. The Balaban J connectivity index is 1.68. The van der Waals surface area contributed by atoms with Crippen LogP contribution in [0.25, 0.3) is 10.9 Å². The van der Waals surface area contributed by atoms with Crippen LogP contribution < -0.4 is 10.1 Å². The molecule has 2 aromatic carbocycles. The highest BCUT2D eigenvalue weighted by Crippen LogP contribution is 2.34. The average molecular weight is 412 g/mol. The third kappa shape index (κ3) is 4.18. The summed E-state index contributed by atoms with van der Waals surface area (Å²) < 4.78 is 29.5. The molecule has 0 bridgehead atoms. The number of nitrogens with one attached hydrogen (secondary N) is 1. The molecule has 1 N–H and O–H groups in total. The highest BCUT2D eigenvalue weighted by Gasteiger charge is 2.25. The van der Waals surface area contributed by atoms with Gasteiger partial charge in [0.15, 0.2) is 0 Å². The van der Waals surface area contributed by atoms with Crippen LogP contribution in [0.3, 0.4) is 0 Å². The number of nitrogens with zero attached hydrogens (tertiary/aromatic N) is 3. The van der Waals surface area contributed by atoms with Crippen molar-refractivity contribution in [2.24, 2.45) is 4.36 Å². The van der Waals surface area contributed by atoms with Gasteiger partial charge in [0.25, 0.3) is 0 Å². The third-order valence-corrected chi connectivity index (χ3v) is 5.23. The van der Waals surface area contributed by atoms with Crippen LogP contribution in [-0.4, -0.2) is 28.8 Å². The van der Waals surface area contributed by atoms with Crippen LogP contribution in [0, 0.1) is 12.7 Å². The molecule has 1 saturated heterocycles. The van der Waals surface area contributed by atoms with Crippen LogP contribution in [-0.2, 0) is 17.2 Å². The molecule has 0 aliphatic carbocycles. The normalized spacial score (nSPS) is 17.3. The van der Waals surface area contributed by atoms with E-state index >= 15 is 0 Å². The minimum atomic E-state index is -0.370. The van der Waals surface area contributed by atoms with Gasteiger partial charge in [-0.3, -0.25) is 0 Å². The minimum Gasteiger partial charge on any atom is -0.486 e. The smallest absolute Gasteiger partial charge is 0.146 e. The van der Waals surface area contributed by atoms with Gasteiger partial charge in [-0.1, -0.05) is 0 Å². The van der Waals surface area contributed by atoms with Crippen molar-refractivity contribution < 1.29 is 13.9 Å². The molecule has 1 fully saturated rings. The fraction of sp³-hybridized carbons (Fsp3) is 0.333. The van der Waals surface area contributed by atoms with Gasteiger partial charge in [-0.15, -0.1) is 0 Å². The van der Waals surface area contributed by atoms with E-state index in [1.807, 2.05) is 26.0 Å². The second kappa shape index (κ2) is 8.34. The molecular weight excluding hydrogens is 391 g/mol. The van der Waals surface area contributed by atoms with Gasteiger partial charge in [0.1, 0.15) is 29.8 Å². The number of benzene rings is 2. The molecule has 0 amide bonds. The monoisotopic (exact) mass is 412 g/mol. The number of aromatic nitrogens is 2. The Morgan fingerprint density at radius 3 is 2.93 bits per heavy atom. The lowest BCUT2D eigenvalue weighted by molar-refractivity contribution is 0.0216. The Hall–Kier alpha value is -2.71. The summed E-state index contributed by atoms with van der Waals surface area (Å²) in [5.41, 5.74) is 2.95. The van der Waals surface area contributed by atoms with E-state index in [1.54, 1.807) is 6.07 Å². The minimum absolute atomic E-state index is 0.00815. The van der Waals surface area contributed by atoms with E-state index in [2.05, 4.69) is 19.6 Å². The highest BCUT2D eigenvalue weighted by molar-refractivity contribution is 7.47. The summed E-state index contributed by atoms with van der Waals surface area (Å²) in [4.78, 5) is 8.71. The molecule has 1 aliphatic rings. The van der Waals surface area contributed by atoms with Crippen molar-refractivity contribution in [1.29, 1.82) is 0 Å². The molecule has 2 heterocycles. The average Bonchev–Trinajstić information content (AvgIpc) is 3.25. The zero-order chi connectivity index (χ0) is 20.4. The maximum Gasteiger partial charge on any atom is 0.146 e. The third-order valence-electron chi connectivity index (χ3n) is 5.02. The molecular formula is C21H21FN4O2S. The molecule has 4 rings (SSSR count). The first-order valence-corrected chi connectivity index (χ1v) is 9.85. The molecule has 2 unspecified atom stereocenters. The summed E-state index contributed by atoms with van der Waals surface area (Å²) in [5.74, 6) is 0.643. The van der Waals surface area contributed by atoms with Crippen molar-refractivity contribution in [3.63, 3.8) is 0 Å². The summed E-state index contributed by atoms with van der Waals surface area (Å²) in [7, 11) is 0. The number of anilines is 2. The summed E-state index contributed by atoms with van der Waals surface area (Å²) >= 11 is 4.80. The van der Waals surface area contributed by atoms with Crippen molar-refractivity contribution in [2.45, 2.75) is 38.9 Å². The number of fused-ring (bicyclic) bond motifs is 1. The van der Waals surface area contributed by atoms with Crippen molar-refractivity contribution >= 4 is 40.5 Å². The Labute approximate surface area is 173 Å². The lowest BCUT2D eigenvalue weighted by Crippen LogP contribution is -2.28. The zero-order valence-electron chi connectivity index (χ0n) is 16.2. The second-order valence-corrected chi connectivity index (χ2v) is 7.29. The van der Waals surface area contributed by atoms with E-state index in [4.69, 9.17) is 21.9 Å². The van der Waals surface area contributed by atoms with Crippen molar-refractivity contribution in [1.82, 2.24) is 9.97 Å². The van der Waals surface area contributed by atoms with E-state index in [1.165, 1.54) is 18.5 Å². The first-order valence-electron chi connectivity index (χ1n) is 9.48. The number of hydrogen-bond acceptors (Lipinski definition) is 7. The summed E-state index contributed by atoms with van der Waals surface area (Å²) in [6, 6.07) is 8.09. The summed E-state index contributed by atoms with van der Waals surface area (Å²) in [6.45, 7) is 4.62. The SMILES string of the molecule is Cc1cc(N=S)cc2ncnc(Nc3ccc(F)cc3OC(C)C3CCCO3)c12. The van der Waals surface area contributed by atoms with Crippen LogP contribution in [0.1, 0.15) is 25.3 Å². The maximum absolute atomic E-state index is 13.9. The lowest BCUT2D eigenvalue weighted by Gasteiger charge is -2.22. The highest BCUT2D eigenvalue weighted by atomic mass is 32.1. The standard InChI is InChI=1S/C21H21FN4O2S/c1-12-8-15(26-29)10-17-20(12)21(24-11-23-17)25-16-6-5-14(22)9-19(16)28-13(2)18-4-3-7-27-18/h5-6,8-11,13,18H,3-4,7H2,1-2H3,(H,23,24,25). The largest absolute Gasteiger partial charge is 0.486 e. The zero-order valence-corrected chi connectivity index (χ0v) is 17.0. The van der Waals surface area contributed by atoms with Crippen molar-refractivity contribution in [3.05, 3.63) is 48.0 Å². The number of hydrogen-bond donors (Lipinski definition) is 1. The van der Waals surface area contributed by atoms with E-state index < -0.39 is 0 Å². The van der Waals surface area contributed by atoms with Gasteiger partial charge in [-0.25, -0.2) is 14.4 Å². The first kappa shape index (κ1) is 19.6. The van der Waals surface area contributed by atoms with Gasteiger partial charge in [0.05, 0.1) is 23.0 Å². The van der Waals surface area contributed by atoms with Crippen LogP contribution in [0.4, 0.5) is 21.6 Å². The molecule has 1 aliphatic heterocycles. The Bertz CT molecular complexity index is 1060. The van der Waals surface area contributed by atoms with Crippen LogP contribution in [0.5, 0.6) is 5.75 Å². The Kier molecular flexibility index (Phi) is 5.64. The number of rotatable bonds is 6. The van der Waals surface area contributed by atoms with Crippen LogP contribution in [0.2, 0.25) is 0 Å². The second-order valence-electron chi connectivity index (χ2n) is 7.11. The molecule has 8 heteroatoms. The van der Waals surface area contributed by atoms with Crippen molar-refractivity contribution in [2.75, 3.05) is 11.9 Å². The molecule has 29 heavy (non-hydrogen) atoms. The van der Waals surface area contributed by atoms with Gasteiger partial charge in [-0.2, -0.15) is 4.36 Å². The molecule has 150 valence electrons. The Morgan fingerprint density at radius 2 is 2.17 bits per heavy atom. The van der Waals surface area contributed by atoms with Gasteiger partial charge in [-0.05, 0) is 56.5 Å². The van der Waals surface area contributed by atoms with Crippen LogP contribution >= 0.6 is 0 Å². The van der Waals surface area contributed by atoms with Gasteiger partial charge < -0.3 is 14.8 Å². The topological polar surface area (TPSA) is 68.6 Å². The molecule has 6 nitrogen and oxygen atoms in total. The number of halogens is 1. The fourth-order valence-electron chi connectivity index (χ4n) is 3.59. The van der Waals surface area contributed by atoms with E-state index in [9.17, 15) is 4.39 Å². The lowest BCUT2D eigenvalue weighted by atomic mass is 10.1. The summed E-state index contributed by atoms with van der Waals surface area (Å²) in [5, 5.41) is 4.12.